The highest BCUT2D eigenvalue weighted by Crippen LogP contribution is 2.22. The third kappa shape index (κ3) is 3.97. The average Bonchev–Trinajstić information content (AvgIpc) is 2.47. The van der Waals surface area contributed by atoms with E-state index in [-0.39, 0.29) is 17.4 Å². The van der Waals surface area contributed by atoms with Crippen LogP contribution in [0.4, 0.5) is 0 Å². The van der Waals surface area contributed by atoms with Gasteiger partial charge in [-0.05, 0) is 42.5 Å². The maximum absolute atomic E-state index is 12.3. The van der Waals surface area contributed by atoms with Gasteiger partial charge in [-0.1, -0.05) is 62.7 Å². The molecule has 116 valence electrons. The summed E-state index contributed by atoms with van der Waals surface area (Å²) in [5, 5.41) is 3.05. The standard InChI is InChI=1S/C20H25NO/c1-14-6-8-16(9-7-14)15(2)21-19(22)17-10-12-18(13-11-17)20(3,4)5/h6-13,15H,1-5H3,(H,21,22)/t15-/m1/s1. The summed E-state index contributed by atoms with van der Waals surface area (Å²) in [6.45, 7) is 10.6. The van der Waals surface area contributed by atoms with Crippen molar-refractivity contribution in [3.8, 4) is 0 Å². The summed E-state index contributed by atoms with van der Waals surface area (Å²) in [7, 11) is 0. The minimum atomic E-state index is -0.0338. The summed E-state index contributed by atoms with van der Waals surface area (Å²) in [4.78, 5) is 12.3. The molecule has 0 spiro atoms. The van der Waals surface area contributed by atoms with Crippen LogP contribution >= 0.6 is 0 Å². The Morgan fingerprint density at radius 1 is 0.955 bits per heavy atom. The fraction of sp³-hybridized carbons (Fsp3) is 0.350. The number of hydrogen-bond donors (Lipinski definition) is 1. The molecule has 0 heterocycles. The molecule has 0 saturated heterocycles. The predicted octanol–water partition coefficient (Wildman–Crippen LogP) is 4.78. The van der Waals surface area contributed by atoms with E-state index >= 15 is 0 Å². The number of carbonyl (C=O) groups excluding carboxylic acids is 1. The lowest BCUT2D eigenvalue weighted by molar-refractivity contribution is 0.0940. The molecular formula is C20H25NO. The fourth-order valence-corrected chi connectivity index (χ4v) is 2.34. The molecule has 2 aromatic rings. The number of benzene rings is 2. The molecule has 0 saturated carbocycles. The van der Waals surface area contributed by atoms with Crippen LogP contribution in [0.2, 0.25) is 0 Å². The van der Waals surface area contributed by atoms with E-state index in [1.165, 1.54) is 11.1 Å². The number of carbonyl (C=O) groups is 1. The molecule has 0 unspecified atom stereocenters. The Labute approximate surface area is 133 Å². The minimum absolute atomic E-state index is 0.00427. The molecule has 2 nitrogen and oxygen atoms in total. The molecule has 2 heteroatoms. The summed E-state index contributed by atoms with van der Waals surface area (Å²) in [6.07, 6.45) is 0. The number of hydrogen-bond acceptors (Lipinski definition) is 1. The Kier molecular flexibility index (Phi) is 4.70. The Morgan fingerprint density at radius 3 is 2.00 bits per heavy atom. The summed E-state index contributed by atoms with van der Waals surface area (Å²) in [5.41, 5.74) is 4.37. The van der Waals surface area contributed by atoms with E-state index in [0.717, 1.165) is 5.56 Å². The molecule has 2 aromatic carbocycles. The lowest BCUT2D eigenvalue weighted by Crippen LogP contribution is -2.26. The van der Waals surface area contributed by atoms with Crippen molar-refractivity contribution in [1.82, 2.24) is 5.32 Å². The monoisotopic (exact) mass is 295 g/mol. The number of aryl methyl sites for hydroxylation is 1. The largest absolute Gasteiger partial charge is 0.346 e. The summed E-state index contributed by atoms with van der Waals surface area (Å²) >= 11 is 0. The van der Waals surface area contributed by atoms with Crippen molar-refractivity contribution in [2.75, 3.05) is 0 Å². The van der Waals surface area contributed by atoms with E-state index in [2.05, 4.69) is 57.3 Å². The summed E-state index contributed by atoms with van der Waals surface area (Å²) < 4.78 is 0. The molecule has 0 aliphatic heterocycles. The van der Waals surface area contributed by atoms with Crippen LogP contribution in [0, 0.1) is 6.92 Å². The quantitative estimate of drug-likeness (QED) is 0.867. The van der Waals surface area contributed by atoms with Crippen LogP contribution in [0.1, 0.15) is 60.8 Å². The van der Waals surface area contributed by atoms with Gasteiger partial charge in [0.15, 0.2) is 0 Å². The molecule has 0 bridgehead atoms. The van der Waals surface area contributed by atoms with E-state index in [1.54, 1.807) is 0 Å². The SMILES string of the molecule is Cc1ccc([C@@H](C)NC(=O)c2ccc(C(C)(C)C)cc2)cc1. The first-order valence-corrected chi connectivity index (χ1v) is 7.75. The lowest BCUT2D eigenvalue weighted by Gasteiger charge is -2.19. The Bertz CT molecular complexity index is 633. The molecular weight excluding hydrogens is 270 g/mol. The van der Waals surface area contributed by atoms with Crippen LogP contribution in [-0.4, -0.2) is 5.91 Å². The average molecular weight is 295 g/mol. The fourth-order valence-electron chi connectivity index (χ4n) is 2.34. The van der Waals surface area contributed by atoms with Crippen molar-refractivity contribution in [2.45, 2.75) is 46.1 Å². The molecule has 0 fully saturated rings. The second-order valence-electron chi connectivity index (χ2n) is 6.93. The van der Waals surface area contributed by atoms with Crippen molar-refractivity contribution >= 4 is 5.91 Å². The van der Waals surface area contributed by atoms with E-state index < -0.39 is 0 Å². The van der Waals surface area contributed by atoms with Crippen molar-refractivity contribution in [3.05, 3.63) is 70.8 Å². The van der Waals surface area contributed by atoms with Crippen LogP contribution in [0.3, 0.4) is 0 Å². The first-order valence-electron chi connectivity index (χ1n) is 7.75. The van der Waals surface area contributed by atoms with E-state index in [1.807, 2.05) is 31.2 Å². The maximum Gasteiger partial charge on any atom is 0.251 e. The van der Waals surface area contributed by atoms with Gasteiger partial charge in [0.2, 0.25) is 0 Å². The Balaban J connectivity index is 2.07. The van der Waals surface area contributed by atoms with Gasteiger partial charge in [0.25, 0.3) is 5.91 Å². The first-order chi connectivity index (χ1) is 10.3. The Hall–Kier alpha value is -2.09. The van der Waals surface area contributed by atoms with Gasteiger partial charge >= 0.3 is 0 Å². The molecule has 0 aliphatic carbocycles. The van der Waals surface area contributed by atoms with Crippen LogP contribution < -0.4 is 5.32 Å². The van der Waals surface area contributed by atoms with Crippen molar-refractivity contribution < 1.29 is 4.79 Å². The second kappa shape index (κ2) is 6.35. The first kappa shape index (κ1) is 16.3. The molecule has 2 rings (SSSR count). The molecule has 1 amide bonds. The molecule has 0 radical (unpaired) electrons. The highest BCUT2D eigenvalue weighted by atomic mass is 16.1. The number of amides is 1. The van der Waals surface area contributed by atoms with Crippen LogP contribution in [0.15, 0.2) is 48.5 Å². The molecule has 1 N–H and O–H groups in total. The minimum Gasteiger partial charge on any atom is -0.346 e. The van der Waals surface area contributed by atoms with Crippen LogP contribution in [-0.2, 0) is 5.41 Å². The van der Waals surface area contributed by atoms with Crippen LogP contribution in [0.25, 0.3) is 0 Å². The molecule has 0 aliphatic rings. The van der Waals surface area contributed by atoms with Gasteiger partial charge in [-0.3, -0.25) is 4.79 Å². The van der Waals surface area contributed by atoms with E-state index in [0.29, 0.717) is 5.56 Å². The van der Waals surface area contributed by atoms with Crippen molar-refractivity contribution in [1.29, 1.82) is 0 Å². The summed E-state index contributed by atoms with van der Waals surface area (Å²) in [6, 6.07) is 16.1. The number of rotatable bonds is 3. The second-order valence-corrected chi connectivity index (χ2v) is 6.93. The van der Waals surface area contributed by atoms with E-state index in [9.17, 15) is 4.79 Å². The third-order valence-electron chi connectivity index (χ3n) is 3.94. The lowest BCUT2D eigenvalue weighted by atomic mass is 9.86. The highest BCUT2D eigenvalue weighted by Gasteiger charge is 2.15. The predicted molar refractivity (Wildman–Crippen MR) is 92.2 cm³/mol. The van der Waals surface area contributed by atoms with E-state index in [4.69, 9.17) is 0 Å². The smallest absolute Gasteiger partial charge is 0.251 e. The van der Waals surface area contributed by atoms with Gasteiger partial charge in [0.05, 0.1) is 6.04 Å². The van der Waals surface area contributed by atoms with Gasteiger partial charge < -0.3 is 5.32 Å². The zero-order chi connectivity index (χ0) is 16.3. The van der Waals surface area contributed by atoms with Gasteiger partial charge in [-0.25, -0.2) is 0 Å². The van der Waals surface area contributed by atoms with Gasteiger partial charge in [-0.15, -0.1) is 0 Å². The molecule has 1 atom stereocenters. The maximum atomic E-state index is 12.3. The number of nitrogens with one attached hydrogen (secondary N) is 1. The highest BCUT2D eigenvalue weighted by molar-refractivity contribution is 5.94. The summed E-state index contributed by atoms with van der Waals surface area (Å²) in [5.74, 6) is -0.0338. The normalized spacial score (nSPS) is 12.8. The van der Waals surface area contributed by atoms with Gasteiger partial charge in [0.1, 0.15) is 0 Å². The van der Waals surface area contributed by atoms with Crippen molar-refractivity contribution in [3.63, 3.8) is 0 Å². The molecule has 22 heavy (non-hydrogen) atoms. The third-order valence-corrected chi connectivity index (χ3v) is 3.94. The zero-order valence-electron chi connectivity index (χ0n) is 14.1. The van der Waals surface area contributed by atoms with Crippen LogP contribution in [0.5, 0.6) is 0 Å². The van der Waals surface area contributed by atoms with Gasteiger partial charge in [0, 0.05) is 5.56 Å². The van der Waals surface area contributed by atoms with Crippen molar-refractivity contribution in [2.24, 2.45) is 0 Å². The molecule has 0 aromatic heterocycles. The zero-order valence-corrected chi connectivity index (χ0v) is 14.1. The Morgan fingerprint density at radius 2 is 1.50 bits per heavy atom. The van der Waals surface area contributed by atoms with Gasteiger partial charge in [-0.2, -0.15) is 0 Å². The topological polar surface area (TPSA) is 29.1 Å².